The molecule has 24 heavy (non-hydrogen) atoms. The molecule has 134 valence electrons. The van der Waals surface area contributed by atoms with E-state index in [2.05, 4.69) is 0 Å². The largest absolute Gasteiger partial charge is 0.443 e. The third-order valence-corrected chi connectivity index (χ3v) is 4.18. The second-order valence-electron chi connectivity index (χ2n) is 8.01. The number of carbonyl (C=O) groups is 3. The summed E-state index contributed by atoms with van der Waals surface area (Å²) >= 11 is 0. The topological polar surface area (TPSA) is 66.9 Å². The summed E-state index contributed by atoms with van der Waals surface area (Å²) in [6.07, 6.45) is 4.44. The lowest BCUT2D eigenvalue weighted by molar-refractivity contribution is -0.146. The molecule has 2 rings (SSSR count). The summed E-state index contributed by atoms with van der Waals surface area (Å²) in [7, 11) is 0. The maximum absolute atomic E-state index is 13.2. The Morgan fingerprint density at radius 1 is 1.25 bits per heavy atom. The molecule has 3 amide bonds. The van der Waals surface area contributed by atoms with Crippen molar-refractivity contribution in [1.82, 2.24) is 9.80 Å². The quantitative estimate of drug-likeness (QED) is 0.795. The fraction of sp³-hybridized carbons (Fsp3) is 0.722. The highest BCUT2D eigenvalue weighted by atomic mass is 16.6. The molecule has 2 aliphatic rings. The fourth-order valence-corrected chi connectivity index (χ4v) is 3.35. The predicted molar refractivity (Wildman–Crippen MR) is 90.2 cm³/mol. The lowest BCUT2D eigenvalue weighted by Gasteiger charge is -2.39. The highest BCUT2D eigenvalue weighted by Gasteiger charge is 2.54. The van der Waals surface area contributed by atoms with Crippen LogP contribution >= 0.6 is 0 Å². The van der Waals surface area contributed by atoms with Crippen LogP contribution in [0.1, 0.15) is 53.9 Å². The minimum atomic E-state index is -1.27. The van der Waals surface area contributed by atoms with Gasteiger partial charge in [-0.25, -0.2) is 9.69 Å². The van der Waals surface area contributed by atoms with E-state index in [0.717, 1.165) is 17.7 Å². The van der Waals surface area contributed by atoms with E-state index in [4.69, 9.17) is 4.74 Å². The Balaban J connectivity index is 2.39. The molecular formula is C18H28N2O4. The van der Waals surface area contributed by atoms with Gasteiger partial charge in [0.1, 0.15) is 5.60 Å². The molecule has 0 aromatic carbocycles. The monoisotopic (exact) mass is 336 g/mol. The molecule has 0 spiro atoms. The van der Waals surface area contributed by atoms with E-state index in [0.29, 0.717) is 19.5 Å². The normalized spacial score (nSPS) is 24.2. The van der Waals surface area contributed by atoms with E-state index >= 15 is 0 Å². The molecule has 0 bridgehead atoms. The molecule has 1 atom stereocenters. The molecule has 0 radical (unpaired) electrons. The smallest absolute Gasteiger partial charge is 0.418 e. The van der Waals surface area contributed by atoms with Crippen LogP contribution in [0, 0.1) is 5.92 Å². The molecule has 6 heteroatoms. The van der Waals surface area contributed by atoms with Gasteiger partial charge in [-0.2, -0.15) is 0 Å². The number of rotatable bonds is 3. The van der Waals surface area contributed by atoms with Gasteiger partial charge in [0.25, 0.3) is 11.8 Å². The number of imide groups is 1. The molecule has 0 aromatic heterocycles. The van der Waals surface area contributed by atoms with Gasteiger partial charge < -0.3 is 9.64 Å². The molecule has 1 unspecified atom stereocenters. The Labute approximate surface area is 143 Å². The fourth-order valence-electron chi connectivity index (χ4n) is 3.35. The SMILES string of the molecule is CC(C)CC1(C(=O)N2CCCC2)C=CC(=O)N1C(=O)OC(C)(C)C. The highest BCUT2D eigenvalue weighted by Crippen LogP contribution is 2.35. The van der Waals surface area contributed by atoms with E-state index in [1.165, 1.54) is 6.08 Å². The van der Waals surface area contributed by atoms with Gasteiger partial charge in [0.15, 0.2) is 5.54 Å². The van der Waals surface area contributed by atoms with Gasteiger partial charge in [-0.15, -0.1) is 0 Å². The van der Waals surface area contributed by atoms with Crippen LogP contribution < -0.4 is 0 Å². The number of carbonyl (C=O) groups excluding carboxylic acids is 3. The molecule has 0 N–H and O–H groups in total. The first-order chi connectivity index (χ1) is 11.1. The van der Waals surface area contributed by atoms with Gasteiger partial charge in [0, 0.05) is 19.2 Å². The molecule has 6 nitrogen and oxygen atoms in total. The maximum Gasteiger partial charge on any atom is 0.418 e. The van der Waals surface area contributed by atoms with E-state index in [-0.39, 0.29) is 11.8 Å². The summed E-state index contributed by atoms with van der Waals surface area (Å²) in [5, 5.41) is 0. The van der Waals surface area contributed by atoms with Gasteiger partial charge in [-0.05, 0) is 52.0 Å². The van der Waals surface area contributed by atoms with Crippen molar-refractivity contribution in [1.29, 1.82) is 0 Å². The Morgan fingerprint density at radius 2 is 1.83 bits per heavy atom. The first kappa shape index (κ1) is 18.5. The van der Waals surface area contributed by atoms with Crippen molar-refractivity contribution < 1.29 is 19.1 Å². The average molecular weight is 336 g/mol. The van der Waals surface area contributed by atoms with Crippen LogP contribution in [0.15, 0.2) is 12.2 Å². The first-order valence-corrected chi connectivity index (χ1v) is 8.62. The van der Waals surface area contributed by atoms with E-state index < -0.39 is 23.1 Å². The van der Waals surface area contributed by atoms with Crippen LogP contribution in [0.2, 0.25) is 0 Å². The highest BCUT2D eigenvalue weighted by molar-refractivity contribution is 6.09. The molecule has 2 heterocycles. The van der Waals surface area contributed by atoms with Crippen molar-refractivity contribution in [3.05, 3.63) is 12.2 Å². The third kappa shape index (κ3) is 3.62. The van der Waals surface area contributed by atoms with Crippen molar-refractivity contribution >= 4 is 17.9 Å². The number of hydrogen-bond donors (Lipinski definition) is 0. The minimum absolute atomic E-state index is 0.136. The number of amides is 3. The summed E-state index contributed by atoms with van der Waals surface area (Å²) in [5.74, 6) is -0.531. The van der Waals surface area contributed by atoms with Crippen LogP contribution in [0.3, 0.4) is 0 Å². The summed E-state index contributed by atoms with van der Waals surface area (Å²) in [4.78, 5) is 41.0. The lowest BCUT2D eigenvalue weighted by atomic mass is 9.87. The zero-order chi connectivity index (χ0) is 18.1. The second-order valence-corrected chi connectivity index (χ2v) is 8.01. The van der Waals surface area contributed by atoms with E-state index in [1.807, 2.05) is 13.8 Å². The Morgan fingerprint density at radius 3 is 2.33 bits per heavy atom. The van der Waals surface area contributed by atoms with Crippen molar-refractivity contribution in [3.63, 3.8) is 0 Å². The zero-order valence-electron chi connectivity index (χ0n) is 15.3. The van der Waals surface area contributed by atoms with Crippen molar-refractivity contribution in [2.75, 3.05) is 13.1 Å². The summed E-state index contributed by atoms with van der Waals surface area (Å²) in [5.41, 5.74) is -2.00. The van der Waals surface area contributed by atoms with Crippen LogP contribution in [-0.2, 0) is 14.3 Å². The lowest BCUT2D eigenvalue weighted by Crippen LogP contribution is -2.60. The van der Waals surface area contributed by atoms with Crippen LogP contribution in [0.5, 0.6) is 0 Å². The minimum Gasteiger partial charge on any atom is -0.443 e. The number of hydrogen-bond acceptors (Lipinski definition) is 4. The Bertz CT molecular complexity index is 556. The van der Waals surface area contributed by atoms with E-state index in [9.17, 15) is 14.4 Å². The van der Waals surface area contributed by atoms with Gasteiger partial charge in [-0.1, -0.05) is 13.8 Å². The summed E-state index contributed by atoms with van der Waals surface area (Å²) < 4.78 is 5.40. The number of likely N-dealkylation sites (tertiary alicyclic amines) is 1. The van der Waals surface area contributed by atoms with Gasteiger partial charge in [0.05, 0.1) is 0 Å². The molecular weight excluding hydrogens is 308 g/mol. The van der Waals surface area contributed by atoms with E-state index in [1.54, 1.807) is 31.7 Å². The van der Waals surface area contributed by atoms with Crippen molar-refractivity contribution in [2.45, 2.75) is 65.0 Å². The first-order valence-electron chi connectivity index (χ1n) is 8.62. The molecule has 0 saturated carbocycles. The van der Waals surface area contributed by atoms with Gasteiger partial charge in [0.2, 0.25) is 0 Å². The summed E-state index contributed by atoms with van der Waals surface area (Å²) in [6.45, 7) is 10.5. The molecule has 1 saturated heterocycles. The van der Waals surface area contributed by atoms with Crippen molar-refractivity contribution in [3.8, 4) is 0 Å². The molecule has 2 aliphatic heterocycles. The average Bonchev–Trinajstić information content (AvgIpc) is 3.04. The van der Waals surface area contributed by atoms with Gasteiger partial charge >= 0.3 is 6.09 Å². The zero-order valence-corrected chi connectivity index (χ0v) is 15.3. The number of nitrogens with zero attached hydrogens (tertiary/aromatic N) is 2. The second kappa shape index (κ2) is 6.57. The molecule has 1 fully saturated rings. The molecule has 0 aromatic rings. The Kier molecular flexibility index (Phi) is 5.06. The summed E-state index contributed by atoms with van der Waals surface area (Å²) in [6, 6.07) is 0. The molecule has 0 aliphatic carbocycles. The maximum atomic E-state index is 13.2. The van der Waals surface area contributed by atoms with Crippen molar-refractivity contribution in [2.24, 2.45) is 5.92 Å². The van der Waals surface area contributed by atoms with Gasteiger partial charge in [-0.3, -0.25) is 9.59 Å². The number of ether oxygens (including phenoxy) is 1. The predicted octanol–water partition coefficient (Wildman–Crippen LogP) is 2.73. The van der Waals surface area contributed by atoms with Crippen LogP contribution in [0.25, 0.3) is 0 Å². The third-order valence-electron chi connectivity index (χ3n) is 4.18. The standard InChI is InChI=1S/C18H28N2O4/c1-13(2)12-18(15(22)19-10-6-7-11-19)9-8-14(21)20(18)16(23)24-17(3,4)5/h8-9,13H,6-7,10-12H2,1-5H3. The van der Waals surface area contributed by atoms with Crippen LogP contribution in [0.4, 0.5) is 4.79 Å². The van der Waals surface area contributed by atoms with Crippen LogP contribution in [-0.4, -0.2) is 51.9 Å². The Hall–Kier alpha value is -1.85.